The lowest BCUT2D eigenvalue weighted by atomic mass is 10.0. The Hall–Kier alpha value is -1.91. The smallest absolute Gasteiger partial charge is 0.251 e. The van der Waals surface area contributed by atoms with E-state index in [1.165, 1.54) is 24.3 Å². The van der Waals surface area contributed by atoms with Gasteiger partial charge in [-0.05, 0) is 43.5 Å². The minimum absolute atomic E-state index is 0.0605. The van der Waals surface area contributed by atoms with Gasteiger partial charge in [0, 0.05) is 30.6 Å². The topological polar surface area (TPSA) is 49.4 Å². The lowest BCUT2D eigenvalue weighted by Gasteiger charge is -2.33. The number of nitrogens with one attached hydrogen (secondary N) is 1. The maximum Gasteiger partial charge on any atom is 0.251 e. The van der Waals surface area contributed by atoms with Gasteiger partial charge in [0.05, 0.1) is 0 Å². The molecule has 0 aliphatic carbocycles. The molecule has 0 bridgehead atoms. The Balaban J connectivity index is 1.83. The van der Waals surface area contributed by atoms with Gasteiger partial charge in [0.1, 0.15) is 5.82 Å². The van der Waals surface area contributed by atoms with Gasteiger partial charge in [0.25, 0.3) is 5.91 Å². The SMILES string of the molecule is CCC(C)C(=O)N1CCC(NC(=O)c2ccc(F)cc2)CC1. The van der Waals surface area contributed by atoms with Crippen molar-refractivity contribution in [3.05, 3.63) is 35.6 Å². The van der Waals surface area contributed by atoms with E-state index in [-0.39, 0.29) is 29.6 Å². The molecule has 1 fully saturated rings. The molecule has 1 atom stereocenters. The highest BCUT2D eigenvalue weighted by Crippen LogP contribution is 2.15. The second kappa shape index (κ2) is 7.38. The summed E-state index contributed by atoms with van der Waals surface area (Å²) >= 11 is 0. The van der Waals surface area contributed by atoms with Crippen molar-refractivity contribution < 1.29 is 14.0 Å². The van der Waals surface area contributed by atoms with Crippen LogP contribution in [-0.2, 0) is 4.79 Å². The summed E-state index contributed by atoms with van der Waals surface area (Å²) in [5, 5.41) is 2.96. The maximum atomic E-state index is 12.9. The molecule has 1 aliphatic rings. The first-order chi connectivity index (χ1) is 10.5. The van der Waals surface area contributed by atoms with Crippen LogP contribution in [0.4, 0.5) is 4.39 Å². The zero-order chi connectivity index (χ0) is 16.1. The molecular weight excluding hydrogens is 283 g/mol. The number of carbonyl (C=O) groups excluding carboxylic acids is 2. The molecule has 1 heterocycles. The van der Waals surface area contributed by atoms with Crippen molar-refractivity contribution in [3.8, 4) is 0 Å². The normalized spacial score (nSPS) is 17.1. The molecule has 0 spiro atoms. The molecule has 2 amide bonds. The van der Waals surface area contributed by atoms with E-state index in [2.05, 4.69) is 5.32 Å². The molecule has 1 N–H and O–H groups in total. The van der Waals surface area contributed by atoms with Crippen molar-refractivity contribution in [3.63, 3.8) is 0 Å². The van der Waals surface area contributed by atoms with Crippen LogP contribution in [0.1, 0.15) is 43.5 Å². The Morgan fingerprint density at radius 2 is 1.86 bits per heavy atom. The van der Waals surface area contributed by atoms with Crippen LogP contribution >= 0.6 is 0 Å². The third-order valence-corrected chi connectivity index (χ3v) is 4.28. The lowest BCUT2D eigenvalue weighted by molar-refractivity contribution is -0.136. The van der Waals surface area contributed by atoms with Crippen molar-refractivity contribution >= 4 is 11.8 Å². The molecule has 1 aromatic carbocycles. The van der Waals surface area contributed by atoms with Gasteiger partial charge in [0.15, 0.2) is 0 Å². The van der Waals surface area contributed by atoms with Crippen molar-refractivity contribution in [1.82, 2.24) is 10.2 Å². The first-order valence-electron chi connectivity index (χ1n) is 7.86. The summed E-state index contributed by atoms with van der Waals surface area (Å²) in [6.45, 7) is 5.32. The van der Waals surface area contributed by atoms with Gasteiger partial charge in [-0.25, -0.2) is 4.39 Å². The van der Waals surface area contributed by atoms with E-state index in [1.54, 1.807) is 0 Å². The number of halogens is 1. The Kier molecular flexibility index (Phi) is 5.52. The highest BCUT2D eigenvalue weighted by Gasteiger charge is 2.26. The van der Waals surface area contributed by atoms with Crippen LogP contribution in [0.5, 0.6) is 0 Å². The van der Waals surface area contributed by atoms with E-state index < -0.39 is 0 Å². The van der Waals surface area contributed by atoms with E-state index in [0.29, 0.717) is 18.7 Å². The zero-order valence-corrected chi connectivity index (χ0v) is 13.1. The summed E-state index contributed by atoms with van der Waals surface area (Å²) < 4.78 is 12.9. The van der Waals surface area contributed by atoms with Crippen molar-refractivity contribution in [1.29, 1.82) is 0 Å². The Bertz CT molecular complexity index is 522. The number of hydrogen-bond donors (Lipinski definition) is 1. The van der Waals surface area contributed by atoms with Crippen LogP contribution in [0.15, 0.2) is 24.3 Å². The molecule has 4 nitrogen and oxygen atoms in total. The number of nitrogens with zero attached hydrogens (tertiary/aromatic N) is 1. The monoisotopic (exact) mass is 306 g/mol. The van der Waals surface area contributed by atoms with Gasteiger partial charge in [-0.3, -0.25) is 9.59 Å². The predicted molar refractivity (Wildman–Crippen MR) is 82.9 cm³/mol. The van der Waals surface area contributed by atoms with Gasteiger partial charge in [-0.1, -0.05) is 13.8 Å². The maximum absolute atomic E-state index is 12.9. The van der Waals surface area contributed by atoms with E-state index in [9.17, 15) is 14.0 Å². The molecule has 1 aromatic rings. The largest absolute Gasteiger partial charge is 0.349 e. The fourth-order valence-electron chi connectivity index (χ4n) is 2.60. The standard InChI is InChI=1S/C17H23FN2O2/c1-3-12(2)17(22)20-10-8-15(9-11-20)19-16(21)13-4-6-14(18)7-5-13/h4-7,12,15H,3,8-11H2,1-2H3,(H,19,21). The van der Waals surface area contributed by atoms with Gasteiger partial charge in [-0.2, -0.15) is 0 Å². The first-order valence-corrected chi connectivity index (χ1v) is 7.86. The number of piperidine rings is 1. The molecular formula is C17H23FN2O2. The predicted octanol–water partition coefficient (Wildman–Crippen LogP) is 2.59. The van der Waals surface area contributed by atoms with E-state index in [0.717, 1.165) is 19.3 Å². The summed E-state index contributed by atoms with van der Waals surface area (Å²) in [5.74, 6) is -0.281. The molecule has 5 heteroatoms. The molecule has 0 aromatic heterocycles. The van der Waals surface area contributed by atoms with Crippen LogP contribution in [-0.4, -0.2) is 35.8 Å². The number of benzene rings is 1. The molecule has 1 saturated heterocycles. The molecule has 2 rings (SSSR count). The van der Waals surface area contributed by atoms with E-state index >= 15 is 0 Å². The molecule has 1 unspecified atom stereocenters. The Morgan fingerprint density at radius 3 is 2.41 bits per heavy atom. The Morgan fingerprint density at radius 1 is 1.27 bits per heavy atom. The summed E-state index contributed by atoms with van der Waals surface area (Å²) in [4.78, 5) is 26.1. The number of amides is 2. The summed E-state index contributed by atoms with van der Waals surface area (Å²) in [6, 6.07) is 5.59. The van der Waals surface area contributed by atoms with Gasteiger partial charge in [0.2, 0.25) is 5.91 Å². The second-order valence-corrected chi connectivity index (χ2v) is 5.89. The highest BCUT2D eigenvalue weighted by molar-refractivity contribution is 5.94. The van der Waals surface area contributed by atoms with Crippen LogP contribution in [0.2, 0.25) is 0 Å². The average Bonchev–Trinajstić information content (AvgIpc) is 2.54. The van der Waals surface area contributed by atoms with Crippen LogP contribution in [0.25, 0.3) is 0 Å². The molecule has 0 radical (unpaired) electrons. The first kappa shape index (κ1) is 16.5. The minimum Gasteiger partial charge on any atom is -0.349 e. The van der Waals surface area contributed by atoms with Gasteiger partial charge < -0.3 is 10.2 Å². The number of likely N-dealkylation sites (tertiary alicyclic amines) is 1. The summed E-state index contributed by atoms with van der Waals surface area (Å²) in [7, 11) is 0. The number of rotatable bonds is 4. The van der Waals surface area contributed by atoms with Crippen molar-refractivity contribution in [2.75, 3.05) is 13.1 Å². The highest BCUT2D eigenvalue weighted by atomic mass is 19.1. The van der Waals surface area contributed by atoms with Gasteiger partial charge in [-0.15, -0.1) is 0 Å². The lowest BCUT2D eigenvalue weighted by Crippen LogP contribution is -2.47. The minimum atomic E-state index is -0.353. The fourth-order valence-corrected chi connectivity index (χ4v) is 2.60. The molecule has 0 saturated carbocycles. The van der Waals surface area contributed by atoms with Crippen LogP contribution in [0.3, 0.4) is 0 Å². The summed E-state index contributed by atoms with van der Waals surface area (Å²) in [6.07, 6.45) is 2.37. The fraction of sp³-hybridized carbons (Fsp3) is 0.529. The molecule has 22 heavy (non-hydrogen) atoms. The van der Waals surface area contributed by atoms with Crippen LogP contribution < -0.4 is 5.32 Å². The molecule has 1 aliphatic heterocycles. The quantitative estimate of drug-likeness (QED) is 0.929. The van der Waals surface area contributed by atoms with E-state index in [1.807, 2.05) is 18.7 Å². The van der Waals surface area contributed by atoms with E-state index in [4.69, 9.17) is 0 Å². The van der Waals surface area contributed by atoms with Gasteiger partial charge >= 0.3 is 0 Å². The average molecular weight is 306 g/mol. The Labute approximate surface area is 130 Å². The van der Waals surface area contributed by atoms with Crippen LogP contribution in [0, 0.1) is 11.7 Å². The summed E-state index contributed by atoms with van der Waals surface area (Å²) in [5.41, 5.74) is 0.458. The second-order valence-electron chi connectivity index (χ2n) is 5.89. The zero-order valence-electron chi connectivity index (χ0n) is 13.1. The third kappa shape index (κ3) is 4.06. The number of carbonyl (C=O) groups is 2. The molecule has 120 valence electrons. The van der Waals surface area contributed by atoms with Crippen molar-refractivity contribution in [2.45, 2.75) is 39.2 Å². The van der Waals surface area contributed by atoms with Crippen molar-refractivity contribution in [2.24, 2.45) is 5.92 Å². The third-order valence-electron chi connectivity index (χ3n) is 4.28. The number of hydrogen-bond acceptors (Lipinski definition) is 2.